The van der Waals surface area contributed by atoms with Crippen molar-refractivity contribution in [1.82, 2.24) is 14.8 Å². The molecule has 0 aliphatic rings. The highest BCUT2D eigenvalue weighted by Crippen LogP contribution is 2.36. The number of amides is 1. The van der Waals surface area contributed by atoms with E-state index >= 15 is 0 Å². The molecule has 4 aromatic rings. The standard InChI is InChI=1S/C28H30N4O4S2/c1-6-19-9-13-21(14-10-19)36-18(3)25-30-31-28(32(25)4)38-16-23(33)29-26-24(27(34)35-5)22(15-37-26)20-11-7-17(2)8-12-20/h7-15,18H,6,16H2,1-5H3,(H,29,33). The van der Waals surface area contributed by atoms with Crippen molar-refractivity contribution in [2.75, 3.05) is 18.2 Å². The second-order valence-electron chi connectivity index (χ2n) is 8.71. The number of rotatable bonds is 10. The van der Waals surface area contributed by atoms with Gasteiger partial charge in [0.05, 0.1) is 12.9 Å². The van der Waals surface area contributed by atoms with Gasteiger partial charge in [-0.05, 0) is 43.5 Å². The summed E-state index contributed by atoms with van der Waals surface area (Å²) in [6.45, 7) is 6.02. The lowest BCUT2D eigenvalue weighted by Gasteiger charge is -2.14. The highest BCUT2D eigenvalue weighted by Gasteiger charge is 2.23. The molecular formula is C28H30N4O4S2. The van der Waals surface area contributed by atoms with Crippen LogP contribution in [0.5, 0.6) is 5.75 Å². The fraction of sp³-hybridized carbons (Fsp3) is 0.286. The smallest absolute Gasteiger partial charge is 0.341 e. The maximum Gasteiger partial charge on any atom is 0.341 e. The Kier molecular flexibility index (Phi) is 8.85. The minimum absolute atomic E-state index is 0.0953. The number of nitrogens with zero attached hydrogens (tertiary/aromatic N) is 3. The molecule has 0 fully saturated rings. The number of thiophene rings is 1. The lowest BCUT2D eigenvalue weighted by atomic mass is 10.0. The molecule has 2 aromatic carbocycles. The minimum atomic E-state index is -0.499. The van der Waals surface area contributed by atoms with Gasteiger partial charge < -0.3 is 19.4 Å². The first kappa shape index (κ1) is 27.4. The van der Waals surface area contributed by atoms with Gasteiger partial charge in [0, 0.05) is 18.0 Å². The highest BCUT2D eigenvalue weighted by atomic mass is 32.2. The first-order valence-electron chi connectivity index (χ1n) is 12.1. The predicted molar refractivity (Wildman–Crippen MR) is 151 cm³/mol. The molecule has 4 rings (SSSR count). The van der Waals surface area contributed by atoms with Gasteiger partial charge in [-0.3, -0.25) is 4.79 Å². The monoisotopic (exact) mass is 550 g/mol. The molecule has 0 bridgehead atoms. The van der Waals surface area contributed by atoms with Crippen molar-refractivity contribution in [3.8, 4) is 16.9 Å². The number of carbonyl (C=O) groups excluding carboxylic acids is 2. The Morgan fingerprint density at radius 3 is 2.47 bits per heavy atom. The minimum Gasteiger partial charge on any atom is -0.483 e. The predicted octanol–water partition coefficient (Wildman–Crippen LogP) is 6.07. The van der Waals surface area contributed by atoms with Crippen LogP contribution in [0.2, 0.25) is 0 Å². The number of benzene rings is 2. The first-order chi connectivity index (χ1) is 18.3. The van der Waals surface area contributed by atoms with Gasteiger partial charge in [-0.25, -0.2) is 4.79 Å². The van der Waals surface area contributed by atoms with E-state index in [1.807, 2.05) is 79.4 Å². The van der Waals surface area contributed by atoms with Crippen LogP contribution in [0.4, 0.5) is 5.00 Å². The molecule has 10 heteroatoms. The molecular weight excluding hydrogens is 520 g/mol. The number of carbonyl (C=O) groups is 2. The number of methoxy groups -OCH3 is 1. The molecule has 2 heterocycles. The molecule has 0 aliphatic heterocycles. The molecule has 0 spiro atoms. The molecule has 198 valence electrons. The number of hydrogen-bond acceptors (Lipinski definition) is 8. The summed E-state index contributed by atoms with van der Waals surface area (Å²) in [7, 11) is 3.18. The zero-order valence-electron chi connectivity index (χ0n) is 22.0. The van der Waals surface area contributed by atoms with Gasteiger partial charge in [0.15, 0.2) is 17.1 Å². The van der Waals surface area contributed by atoms with Gasteiger partial charge in [-0.15, -0.1) is 21.5 Å². The summed E-state index contributed by atoms with van der Waals surface area (Å²) in [5.41, 5.74) is 4.31. The van der Waals surface area contributed by atoms with Gasteiger partial charge in [0.25, 0.3) is 0 Å². The fourth-order valence-corrected chi connectivity index (χ4v) is 5.55. The Balaban J connectivity index is 1.41. The first-order valence-corrected chi connectivity index (χ1v) is 14.0. The number of nitrogens with one attached hydrogen (secondary N) is 1. The van der Waals surface area contributed by atoms with E-state index in [1.54, 1.807) is 0 Å². The van der Waals surface area contributed by atoms with Crippen molar-refractivity contribution in [2.24, 2.45) is 7.05 Å². The van der Waals surface area contributed by atoms with E-state index in [-0.39, 0.29) is 17.8 Å². The number of esters is 1. The Morgan fingerprint density at radius 1 is 1.11 bits per heavy atom. The van der Waals surface area contributed by atoms with E-state index in [4.69, 9.17) is 9.47 Å². The SMILES string of the molecule is CCc1ccc(OC(C)c2nnc(SCC(=O)Nc3scc(-c4ccc(C)cc4)c3C(=O)OC)n2C)cc1. The van der Waals surface area contributed by atoms with Crippen LogP contribution in [-0.4, -0.2) is 39.5 Å². The van der Waals surface area contributed by atoms with Gasteiger partial charge in [0.2, 0.25) is 5.91 Å². The molecule has 0 aliphatic carbocycles. The second-order valence-corrected chi connectivity index (χ2v) is 10.5. The normalized spacial score (nSPS) is 11.7. The molecule has 1 N–H and O–H groups in total. The van der Waals surface area contributed by atoms with Gasteiger partial charge in [-0.1, -0.05) is 60.6 Å². The van der Waals surface area contributed by atoms with Crippen LogP contribution in [0.1, 0.15) is 47.3 Å². The lowest BCUT2D eigenvalue weighted by molar-refractivity contribution is -0.113. The van der Waals surface area contributed by atoms with Crippen molar-refractivity contribution >= 4 is 40.0 Å². The molecule has 38 heavy (non-hydrogen) atoms. The van der Waals surface area contributed by atoms with Crippen molar-refractivity contribution < 1.29 is 19.1 Å². The zero-order valence-corrected chi connectivity index (χ0v) is 23.6. The molecule has 0 saturated heterocycles. The van der Waals surface area contributed by atoms with Crippen LogP contribution in [0.15, 0.2) is 59.1 Å². The van der Waals surface area contributed by atoms with E-state index in [0.29, 0.717) is 21.5 Å². The largest absolute Gasteiger partial charge is 0.483 e. The molecule has 1 atom stereocenters. The van der Waals surface area contributed by atoms with E-state index in [2.05, 4.69) is 22.4 Å². The van der Waals surface area contributed by atoms with E-state index < -0.39 is 5.97 Å². The third-order valence-corrected chi connectivity index (χ3v) is 7.92. The summed E-state index contributed by atoms with van der Waals surface area (Å²) in [6.07, 6.45) is 0.648. The maximum atomic E-state index is 12.8. The summed E-state index contributed by atoms with van der Waals surface area (Å²) >= 11 is 2.55. The van der Waals surface area contributed by atoms with Crippen molar-refractivity contribution in [1.29, 1.82) is 0 Å². The number of thioether (sulfide) groups is 1. The average Bonchev–Trinajstić information content (AvgIpc) is 3.51. The van der Waals surface area contributed by atoms with Crippen LogP contribution in [0, 0.1) is 6.92 Å². The topological polar surface area (TPSA) is 95.3 Å². The van der Waals surface area contributed by atoms with E-state index in [9.17, 15) is 9.59 Å². The maximum absolute atomic E-state index is 12.8. The van der Waals surface area contributed by atoms with Crippen LogP contribution in [0.3, 0.4) is 0 Å². The number of hydrogen-bond donors (Lipinski definition) is 1. The average molecular weight is 551 g/mol. The third kappa shape index (κ3) is 6.25. The highest BCUT2D eigenvalue weighted by molar-refractivity contribution is 7.99. The molecule has 2 aromatic heterocycles. The summed E-state index contributed by atoms with van der Waals surface area (Å²) in [5.74, 6) is 0.747. The van der Waals surface area contributed by atoms with Crippen molar-refractivity contribution in [3.63, 3.8) is 0 Å². The number of aryl methyl sites for hydroxylation is 2. The second kappa shape index (κ2) is 12.3. The number of anilines is 1. The molecule has 1 unspecified atom stereocenters. The van der Waals surface area contributed by atoms with Crippen LogP contribution in [0.25, 0.3) is 11.1 Å². The quantitative estimate of drug-likeness (QED) is 0.189. The van der Waals surface area contributed by atoms with Gasteiger partial charge in [0.1, 0.15) is 16.3 Å². The van der Waals surface area contributed by atoms with E-state index in [1.165, 1.54) is 35.8 Å². The summed E-state index contributed by atoms with van der Waals surface area (Å²) in [5, 5.41) is 14.3. The molecule has 8 nitrogen and oxygen atoms in total. The third-order valence-electron chi connectivity index (χ3n) is 6.01. The Labute approximate surface area is 230 Å². The Hall–Kier alpha value is -3.63. The molecule has 1 amide bonds. The summed E-state index contributed by atoms with van der Waals surface area (Å²) < 4.78 is 12.9. The van der Waals surface area contributed by atoms with Crippen LogP contribution >= 0.6 is 23.1 Å². The number of ether oxygens (including phenoxy) is 2. The van der Waals surface area contributed by atoms with E-state index in [0.717, 1.165) is 28.9 Å². The fourth-order valence-electron chi connectivity index (χ4n) is 3.86. The molecule has 0 radical (unpaired) electrons. The number of aromatic nitrogens is 3. The summed E-state index contributed by atoms with van der Waals surface area (Å²) in [6, 6.07) is 15.8. The van der Waals surface area contributed by atoms with Crippen LogP contribution in [-0.2, 0) is 23.0 Å². The Morgan fingerprint density at radius 2 is 1.82 bits per heavy atom. The molecule has 0 saturated carbocycles. The van der Waals surface area contributed by atoms with Crippen molar-refractivity contribution in [3.05, 3.63) is 76.4 Å². The lowest BCUT2D eigenvalue weighted by Crippen LogP contribution is -2.16. The van der Waals surface area contributed by atoms with Gasteiger partial charge in [-0.2, -0.15) is 0 Å². The van der Waals surface area contributed by atoms with Crippen molar-refractivity contribution in [2.45, 2.75) is 38.5 Å². The Bertz CT molecular complexity index is 1410. The van der Waals surface area contributed by atoms with Crippen LogP contribution < -0.4 is 10.1 Å². The zero-order chi connectivity index (χ0) is 27.2. The van der Waals surface area contributed by atoms with Gasteiger partial charge >= 0.3 is 5.97 Å². The summed E-state index contributed by atoms with van der Waals surface area (Å²) in [4.78, 5) is 25.4.